The molecule has 1 aromatic heterocycles. The first kappa shape index (κ1) is 17.4. The number of carbonyl (C=O) groups is 1. The molecule has 4 nitrogen and oxygen atoms in total. The van der Waals surface area contributed by atoms with Gasteiger partial charge in [0, 0.05) is 23.9 Å². The van der Waals surface area contributed by atoms with E-state index in [1.165, 1.54) is 0 Å². The fourth-order valence-electron chi connectivity index (χ4n) is 2.34. The molecule has 0 saturated carbocycles. The SMILES string of the molecule is C=CCN.C=CCNC(=O)c1c2ccccc2nc2ccccc12. The number of aromatic nitrogens is 1. The molecule has 0 aliphatic heterocycles. The highest BCUT2D eigenvalue weighted by molar-refractivity contribution is 6.16. The van der Waals surface area contributed by atoms with Crippen LogP contribution in [0.2, 0.25) is 0 Å². The summed E-state index contributed by atoms with van der Waals surface area (Å²) < 4.78 is 0. The Balaban J connectivity index is 0.000000471. The Morgan fingerprint density at radius 2 is 1.50 bits per heavy atom. The van der Waals surface area contributed by atoms with Gasteiger partial charge in [-0.25, -0.2) is 4.98 Å². The molecular weight excluding hydrogens is 298 g/mol. The van der Waals surface area contributed by atoms with E-state index in [0.29, 0.717) is 18.7 Å². The van der Waals surface area contributed by atoms with Gasteiger partial charge in [0.05, 0.1) is 16.6 Å². The number of nitrogens with one attached hydrogen (secondary N) is 1. The van der Waals surface area contributed by atoms with Gasteiger partial charge in [0.15, 0.2) is 0 Å². The van der Waals surface area contributed by atoms with Crippen molar-refractivity contribution >= 4 is 27.7 Å². The fraction of sp³-hybridized carbons (Fsp3) is 0.100. The van der Waals surface area contributed by atoms with Gasteiger partial charge in [0.25, 0.3) is 5.91 Å². The molecule has 122 valence electrons. The van der Waals surface area contributed by atoms with Crippen LogP contribution in [0.1, 0.15) is 10.4 Å². The number of nitrogens with two attached hydrogens (primary N) is 1. The van der Waals surface area contributed by atoms with E-state index in [4.69, 9.17) is 5.73 Å². The largest absolute Gasteiger partial charge is 0.349 e. The maximum atomic E-state index is 12.4. The lowest BCUT2D eigenvalue weighted by atomic mass is 10.0. The lowest BCUT2D eigenvalue weighted by Gasteiger charge is -2.10. The Bertz CT molecular complexity index is 817. The first-order valence-electron chi connectivity index (χ1n) is 7.70. The second kappa shape index (κ2) is 8.60. The summed E-state index contributed by atoms with van der Waals surface area (Å²) in [6, 6.07) is 15.4. The zero-order chi connectivity index (χ0) is 17.4. The van der Waals surface area contributed by atoms with Crippen molar-refractivity contribution in [2.45, 2.75) is 0 Å². The van der Waals surface area contributed by atoms with Gasteiger partial charge in [-0.05, 0) is 12.1 Å². The molecule has 0 aliphatic carbocycles. The van der Waals surface area contributed by atoms with Gasteiger partial charge in [-0.1, -0.05) is 48.6 Å². The average molecular weight is 319 g/mol. The van der Waals surface area contributed by atoms with Crippen molar-refractivity contribution < 1.29 is 4.79 Å². The Morgan fingerprint density at radius 3 is 1.96 bits per heavy atom. The Labute approximate surface area is 141 Å². The lowest BCUT2D eigenvalue weighted by molar-refractivity contribution is 0.0961. The van der Waals surface area contributed by atoms with Crippen LogP contribution in [0.15, 0.2) is 73.8 Å². The molecular formula is C20H21N3O. The van der Waals surface area contributed by atoms with Crippen LogP contribution < -0.4 is 11.1 Å². The van der Waals surface area contributed by atoms with Gasteiger partial charge in [-0.2, -0.15) is 0 Å². The summed E-state index contributed by atoms with van der Waals surface area (Å²) in [5, 5.41) is 4.58. The number of pyridine rings is 1. The van der Waals surface area contributed by atoms with E-state index in [-0.39, 0.29) is 5.91 Å². The van der Waals surface area contributed by atoms with Crippen molar-refractivity contribution in [1.29, 1.82) is 0 Å². The third-order valence-electron chi connectivity index (χ3n) is 3.39. The number of carbonyl (C=O) groups excluding carboxylic acids is 1. The molecule has 0 radical (unpaired) electrons. The quantitative estimate of drug-likeness (QED) is 0.572. The highest BCUT2D eigenvalue weighted by Gasteiger charge is 2.14. The van der Waals surface area contributed by atoms with Crippen LogP contribution in [0.4, 0.5) is 0 Å². The topological polar surface area (TPSA) is 68.0 Å². The van der Waals surface area contributed by atoms with E-state index in [9.17, 15) is 4.79 Å². The van der Waals surface area contributed by atoms with Crippen LogP contribution in [0.5, 0.6) is 0 Å². The number of fused-ring (bicyclic) bond motifs is 2. The van der Waals surface area contributed by atoms with Gasteiger partial charge in [0.2, 0.25) is 0 Å². The van der Waals surface area contributed by atoms with Gasteiger partial charge in [-0.3, -0.25) is 4.79 Å². The van der Waals surface area contributed by atoms with Crippen LogP contribution in [-0.4, -0.2) is 24.0 Å². The monoisotopic (exact) mass is 319 g/mol. The summed E-state index contributed by atoms with van der Waals surface area (Å²) in [6.07, 6.45) is 3.32. The first-order valence-corrected chi connectivity index (χ1v) is 7.70. The van der Waals surface area contributed by atoms with Gasteiger partial charge >= 0.3 is 0 Å². The first-order chi connectivity index (χ1) is 11.7. The summed E-state index contributed by atoms with van der Waals surface area (Å²) in [4.78, 5) is 17.0. The third-order valence-corrected chi connectivity index (χ3v) is 3.39. The number of nitrogens with zero attached hydrogens (tertiary/aromatic N) is 1. The molecule has 1 amide bonds. The highest BCUT2D eigenvalue weighted by Crippen LogP contribution is 2.25. The molecule has 0 unspecified atom stereocenters. The Kier molecular flexibility index (Phi) is 6.23. The summed E-state index contributed by atoms with van der Waals surface area (Å²) >= 11 is 0. The van der Waals surface area contributed by atoms with Gasteiger partial charge in [0.1, 0.15) is 0 Å². The van der Waals surface area contributed by atoms with E-state index >= 15 is 0 Å². The molecule has 0 spiro atoms. The van der Waals surface area contributed by atoms with Crippen LogP contribution in [0.3, 0.4) is 0 Å². The standard InChI is InChI=1S/C17H14N2O.C3H7N/c1-2-11-18-17(20)16-12-7-3-5-9-14(12)19-15-10-6-4-8-13(15)16;1-2-3-4/h2-10H,1,11H2,(H,18,20);2H,1,3-4H2. The number of hydrogen-bond acceptors (Lipinski definition) is 3. The molecule has 1 heterocycles. The molecule has 3 N–H and O–H groups in total. The predicted octanol–water partition coefficient (Wildman–Crippen LogP) is 3.43. The maximum Gasteiger partial charge on any atom is 0.252 e. The zero-order valence-corrected chi connectivity index (χ0v) is 13.5. The van der Waals surface area contributed by atoms with Crippen LogP contribution in [0, 0.1) is 0 Å². The van der Waals surface area contributed by atoms with E-state index in [2.05, 4.69) is 23.5 Å². The average Bonchev–Trinajstić information content (AvgIpc) is 2.64. The molecule has 0 fully saturated rings. The van der Waals surface area contributed by atoms with Crippen LogP contribution in [-0.2, 0) is 0 Å². The van der Waals surface area contributed by atoms with E-state index in [1.807, 2.05) is 48.5 Å². The molecule has 4 heteroatoms. The fourth-order valence-corrected chi connectivity index (χ4v) is 2.34. The molecule has 2 aromatic carbocycles. The van der Waals surface area contributed by atoms with Crippen molar-refractivity contribution in [1.82, 2.24) is 10.3 Å². The molecule has 3 aromatic rings. The summed E-state index contributed by atoms with van der Waals surface area (Å²) in [6.45, 7) is 8.01. The smallest absolute Gasteiger partial charge is 0.252 e. The molecule has 24 heavy (non-hydrogen) atoms. The van der Waals surface area contributed by atoms with Crippen molar-refractivity contribution in [3.63, 3.8) is 0 Å². The Morgan fingerprint density at radius 1 is 1.00 bits per heavy atom. The predicted molar refractivity (Wildman–Crippen MR) is 101 cm³/mol. The van der Waals surface area contributed by atoms with E-state index in [1.54, 1.807) is 12.2 Å². The van der Waals surface area contributed by atoms with Crippen LogP contribution in [0.25, 0.3) is 21.8 Å². The van der Waals surface area contributed by atoms with Crippen molar-refractivity contribution in [2.75, 3.05) is 13.1 Å². The van der Waals surface area contributed by atoms with Gasteiger partial charge < -0.3 is 11.1 Å². The van der Waals surface area contributed by atoms with E-state index in [0.717, 1.165) is 21.8 Å². The van der Waals surface area contributed by atoms with Gasteiger partial charge in [-0.15, -0.1) is 13.2 Å². The number of hydrogen-bond donors (Lipinski definition) is 2. The second-order valence-electron chi connectivity index (χ2n) is 5.04. The number of para-hydroxylation sites is 2. The van der Waals surface area contributed by atoms with Crippen molar-refractivity contribution in [3.8, 4) is 0 Å². The molecule has 0 atom stereocenters. The minimum atomic E-state index is -0.0975. The molecule has 0 bridgehead atoms. The van der Waals surface area contributed by atoms with Crippen LogP contribution >= 0.6 is 0 Å². The third kappa shape index (κ3) is 3.86. The summed E-state index contributed by atoms with van der Waals surface area (Å²) in [5.41, 5.74) is 7.24. The lowest BCUT2D eigenvalue weighted by Crippen LogP contribution is -2.23. The minimum Gasteiger partial charge on any atom is -0.349 e. The minimum absolute atomic E-state index is 0.0975. The molecule has 3 rings (SSSR count). The summed E-state index contributed by atoms with van der Waals surface area (Å²) in [5.74, 6) is -0.0975. The van der Waals surface area contributed by atoms with E-state index < -0.39 is 0 Å². The zero-order valence-electron chi connectivity index (χ0n) is 13.5. The summed E-state index contributed by atoms with van der Waals surface area (Å²) in [7, 11) is 0. The normalized spacial score (nSPS) is 9.88. The number of amides is 1. The number of benzene rings is 2. The molecule has 0 aliphatic rings. The number of rotatable bonds is 4. The maximum absolute atomic E-state index is 12.4. The van der Waals surface area contributed by atoms with Crippen molar-refractivity contribution in [2.24, 2.45) is 5.73 Å². The highest BCUT2D eigenvalue weighted by atomic mass is 16.1. The molecule has 0 saturated heterocycles. The second-order valence-corrected chi connectivity index (χ2v) is 5.04. The Hall–Kier alpha value is -2.98. The van der Waals surface area contributed by atoms with Crippen molar-refractivity contribution in [3.05, 3.63) is 79.4 Å².